The highest BCUT2D eigenvalue weighted by atomic mass is 32.1. The van der Waals surface area contributed by atoms with Crippen LogP contribution in [0.2, 0.25) is 0 Å². The normalized spacial score (nSPS) is 17.6. The molecular weight excluding hydrogens is 332 g/mol. The Bertz CT molecular complexity index is 870. The van der Waals surface area contributed by atoms with Crippen molar-refractivity contribution in [3.05, 3.63) is 53.8 Å². The van der Waals surface area contributed by atoms with Gasteiger partial charge in [0.25, 0.3) is 5.91 Å². The Balaban J connectivity index is 1.53. The maximum Gasteiger partial charge on any atom is 0.273 e. The lowest BCUT2D eigenvalue weighted by molar-refractivity contribution is 0.0678. The highest BCUT2D eigenvalue weighted by Gasteiger charge is 2.24. The number of carbonyl (C=O) groups excluding carboxylic acids is 1. The van der Waals surface area contributed by atoms with Crippen LogP contribution >= 0.6 is 11.3 Å². The molecule has 0 radical (unpaired) electrons. The summed E-state index contributed by atoms with van der Waals surface area (Å²) in [6.45, 7) is 3.86. The summed E-state index contributed by atoms with van der Waals surface area (Å²) in [6, 6.07) is 9.96. The Morgan fingerprint density at radius 1 is 1.28 bits per heavy atom. The standard InChI is InChI=1S/C19H20N4OS/c1-14-6-5-9-22(11-14)19(24)17-13-25-18(21-17)15-10-20-23(12-15)16-7-3-2-4-8-16/h2-4,7-8,10,12-14H,5-6,9,11H2,1H3. The van der Waals surface area contributed by atoms with Crippen molar-refractivity contribution in [2.45, 2.75) is 19.8 Å². The molecule has 4 rings (SSSR count). The molecule has 1 aliphatic heterocycles. The zero-order chi connectivity index (χ0) is 17.2. The molecule has 1 aliphatic rings. The van der Waals surface area contributed by atoms with Crippen LogP contribution in [0, 0.1) is 5.92 Å². The van der Waals surface area contributed by atoms with E-state index >= 15 is 0 Å². The fourth-order valence-electron chi connectivity index (χ4n) is 3.20. The third-order valence-electron chi connectivity index (χ3n) is 4.52. The molecule has 1 amide bonds. The minimum atomic E-state index is 0.0458. The average Bonchev–Trinajstić information content (AvgIpc) is 3.31. The quantitative estimate of drug-likeness (QED) is 0.719. The third-order valence-corrected chi connectivity index (χ3v) is 5.41. The highest BCUT2D eigenvalue weighted by Crippen LogP contribution is 2.26. The van der Waals surface area contributed by atoms with Gasteiger partial charge in [-0.05, 0) is 30.9 Å². The Labute approximate surface area is 150 Å². The molecule has 6 heteroatoms. The molecule has 2 aromatic heterocycles. The van der Waals surface area contributed by atoms with Crippen LogP contribution in [-0.2, 0) is 0 Å². The zero-order valence-corrected chi connectivity index (χ0v) is 14.9. The second-order valence-electron chi connectivity index (χ2n) is 6.55. The number of aromatic nitrogens is 3. The first kappa shape index (κ1) is 16.0. The first-order valence-electron chi connectivity index (χ1n) is 8.56. The minimum absolute atomic E-state index is 0.0458. The summed E-state index contributed by atoms with van der Waals surface area (Å²) >= 11 is 1.49. The number of thiazole rings is 1. The number of hydrogen-bond donors (Lipinski definition) is 0. The smallest absolute Gasteiger partial charge is 0.273 e. The Hall–Kier alpha value is -2.47. The van der Waals surface area contributed by atoms with Gasteiger partial charge in [-0.2, -0.15) is 5.10 Å². The summed E-state index contributed by atoms with van der Waals surface area (Å²) < 4.78 is 1.82. The number of likely N-dealkylation sites (tertiary alicyclic amines) is 1. The summed E-state index contributed by atoms with van der Waals surface area (Å²) in [5.41, 5.74) is 2.48. The molecule has 128 valence electrons. The average molecular weight is 352 g/mol. The Morgan fingerprint density at radius 2 is 2.12 bits per heavy atom. The molecule has 1 fully saturated rings. The van der Waals surface area contributed by atoms with E-state index in [1.807, 2.05) is 51.5 Å². The number of amides is 1. The predicted molar refractivity (Wildman–Crippen MR) is 99.0 cm³/mol. The summed E-state index contributed by atoms with van der Waals surface area (Å²) in [6.07, 6.45) is 6.02. The molecule has 0 spiro atoms. The molecule has 0 bridgehead atoms. The second kappa shape index (κ2) is 6.80. The molecule has 0 N–H and O–H groups in total. The van der Waals surface area contributed by atoms with Crippen molar-refractivity contribution < 1.29 is 4.79 Å². The number of hydrogen-bond acceptors (Lipinski definition) is 4. The van der Waals surface area contributed by atoms with Gasteiger partial charge in [0, 0.05) is 30.2 Å². The van der Waals surface area contributed by atoms with Crippen LogP contribution in [0.4, 0.5) is 0 Å². The summed E-state index contributed by atoms with van der Waals surface area (Å²) in [5.74, 6) is 0.615. The van der Waals surface area contributed by atoms with Crippen LogP contribution in [0.25, 0.3) is 16.3 Å². The van der Waals surface area contributed by atoms with E-state index in [4.69, 9.17) is 0 Å². The predicted octanol–water partition coefficient (Wildman–Crippen LogP) is 3.87. The highest BCUT2D eigenvalue weighted by molar-refractivity contribution is 7.13. The van der Waals surface area contributed by atoms with Crippen molar-refractivity contribution in [1.82, 2.24) is 19.7 Å². The van der Waals surface area contributed by atoms with Gasteiger partial charge in [-0.15, -0.1) is 11.3 Å². The minimum Gasteiger partial charge on any atom is -0.337 e. The molecule has 1 unspecified atom stereocenters. The van der Waals surface area contributed by atoms with Crippen LogP contribution in [-0.4, -0.2) is 38.7 Å². The van der Waals surface area contributed by atoms with Gasteiger partial charge in [-0.25, -0.2) is 9.67 Å². The molecule has 0 saturated carbocycles. The van der Waals surface area contributed by atoms with Gasteiger partial charge in [-0.1, -0.05) is 25.1 Å². The number of carbonyl (C=O) groups is 1. The van der Waals surface area contributed by atoms with Crippen LogP contribution in [0.3, 0.4) is 0 Å². The molecule has 5 nitrogen and oxygen atoms in total. The second-order valence-corrected chi connectivity index (χ2v) is 7.40. The molecular formula is C19H20N4OS. The Morgan fingerprint density at radius 3 is 2.92 bits per heavy atom. The van der Waals surface area contributed by atoms with E-state index < -0.39 is 0 Å². The molecule has 1 saturated heterocycles. The van der Waals surface area contributed by atoms with Gasteiger partial charge in [0.1, 0.15) is 10.7 Å². The number of nitrogens with zero attached hydrogens (tertiary/aromatic N) is 4. The van der Waals surface area contributed by atoms with Crippen molar-refractivity contribution in [3.8, 4) is 16.3 Å². The van der Waals surface area contributed by atoms with Gasteiger partial charge in [-0.3, -0.25) is 4.79 Å². The monoisotopic (exact) mass is 352 g/mol. The van der Waals surface area contributed by atoms with Crippen molar-refractivity contribution in [2.24, 2.45) is 5.92 Å². The Kier molecular flexibility index (Phi) is 4.36. The van der Waals surface area contributed by atoms with Gasteiger partial charge >= 0.3 is 0 Å². The van der Waals surface area contributed by atoms with Crippen molar-refractivity contribution >= 4 is 17.2 Å². The van der Waals surface area contributed by atoms with E-state index in [0.717, 1.165) is 35.8 Å². The fraction of sp³-hybridized carbons (Fsp3) is 0.316. The topological polar surface area (TPSA) is 51.0 Å². The van der Waals surface area contributed by atoms with E-state index in [2.05, 4.69) is 17.0 Å². The van der Waals surface area contributed by atoms with Gasteiger partial charge in [0.2, 0.25) is 0 Å². The van der Waals surface area contributed by atoms with Crippen molar-refractivity contribution in [3.63, 3.8) is 0 Å². The molecule has 1 atom stereocenters. The third kappa shape index (κ3) is 3.35. The van der Waals surface area contributed by atoms with Crippen molar-refractivity contribution in [1.29, 1.82) is 0 Å². The molecule has 1 aromatic carbocycles. The molecule has 25 heavy (non-hydrogen) atoms. The first-order valence-corrected chi connectivity index (χ1v) is 9.44. The SMILES string of the molecule is CC1CCCN(C(=O)c2csc(-c3cnn(-c4ccccc4)c3)n2)C1. The van der Waals surface area contributed by atoms with Crippen LogP contribution in [0.5, 0.6) is 0 Å². The summed E-state index contributed by atoms with van der Waals surface area (Å²) in [4.78, 5) is 19.2. The van der Waals surface area contributed by atoms with Crippen LogP contribution < -0.4 is 0 Å². The zero-order valence-electron chi connectivity index (χ0n) is 14.1. The maximum atomic E-state index is 12.7. The van der Waals surface area contributed by atoms with Gasteiger partial charge in [0.15, 0.2) is 0 Å². The molecule has 3 heterocycles. The van der Waals surface area contributed by atoms with E-state index in [9.17, 15) is 4.79 Å². The van der Waals surface area contributed by atoms with E-state index in [1.54, 1.807) is 6.20 Å². The van der Waals surface area contributed by atoms with Gasteiger partial charge < -0.3 is 4.90 Å². The fourth-order valence-corrected chi connectivity index (χ4v) is 3.96. The van der Waals surface area contributed by atoms with Crippen molar-refractivity contribution in [2.75, 3.05) is 13.1 Å². The number of para-hydroxylation sites is 1. The lowest BCUT2D eigenvalue weighted by atomic mass is 10.0. The molecule has 3 aromatic rings. The largest absolute Gasteiger partial charge is 0.337 e. The number of rotatable bonds is 3. The lowest BCUT2D eigenvalue weighted by Crippen LogP contribution is -2.39. The van der Waals surface area contributed by atoms with Crippen LogP contribution in [0.15, 0.2) is 48.1 Å². The van der Waals surface area contributed by atoms with Crippen LogP contribution in [0.1, 0.15) is 30.3 Å². The number of benzene rings is 1. The summed E-state index contributed by atoms with van der Waals surface area (Å²) in [7, 11) is 0. The van der Waals surface area contributed by atoms with E-state index in [1.165, 1.54) is 17.8 Å². The maximum absolute atomic E-state index is 12.7. The number of piperidine rings is 1. The summed E-state index contributed by atoms with van der Waals surface area (Å²) in [5, 5.41) is 7.09. The van der Waals surface area contributed by atoms with E-state index in [0.29, 0.717) is 11.6 Å². The van der Waals surface area contributed by atoms with E-state index in [-0.39, 0.29) is 5.91 Å². The lowest BCUT2D eigenvalue weighted by Gasteiger charge is -2.30. The molecule has 0 aliphatic carbocycles. The first-order chi connectivity index (χ1) is 12.2. The van der Waals surface area contributed by atoms with Gasteiger partial charge in [0.05, 0.1) is 11.9 Å².